The molecule has 0 unspecified atom stereocenters. The molecule has 120 valence electrons. The van der Waals surface area contributed by atoms with Gasteiger partial charge in [0.15, 0.2) is 0 Å². The summed E-state index contributed by atoms with van der Waals surface area (Å²) in [7, 11) is 0. The number of halogens is 1. The predicted molar refractivity (Wildman–Crippen MR) is 79.9 cm³/mol. The molecule has 2 aromatic rings. The van der Waals surface area contributed by atoms with Gasteiger partial charge in [-0.2, -0.15) is 5.10 Å². The summed E-state index contributed by atoms with van der Waals surface area (Å²) >= 11 is 0. The molecule has 1 aliphatic rings. The van der Waals surface area contributed by atoms with Gasteiger partial charge < -0.3 is 10.2 Å². The number of carbonyl (C=O) groups excluding carboxylic acids is 2. The molecular weight excluding hydrogens is 301 g/mol. The number of nitrogens with one attached hydrogen (secondary N) is 1. The van der Waals surface area contributed by atoms with E-state index in [9.17, 15) is 14.0 Å². The van der Waals surface area contributed by atoms with Crippen LogP contribution in [0.1, 0.15) is 12.8 Å². The molecule has 1 fully saturated rings. The van der Waals surface area contributed by atoms with Crippen LogP contribution in [-0.2, 0) is 16.1 Å². The highest BCUT2D eigenvalue weighted by atomic mass is 19.1. The van der Waals surface area contributed by atoms with E-state index in [0.29, 0.717) is 19.5 Å². The first-order chi connectivity index (χ1) is 11.1. The lowest BCUT2D eigenvalue weighted by Gasteiger charge is -2.17. The Kier molecular flexibility index (Phi) is 4.31. The summed E-state index contributed by atoms with van der Waals surface area (Å²) in [5.74, 6) is -0.975. The van der Waals surface area contributed by atoms with Crippen LogP contribution in [-0.4, -0.2) is 39.2 Å². The Morgan fingerprint density at radius 1 is 1.39 bits per heavy atom. The summed E-state index contributed by atoms with van der Waals surface area (Å²) in [4.78, 5) is 29.4. The highest BCUT2D eigenvalue weighted by Crippen LogP contribution is 2.24. The first kappa shape index (κ1) is 15.1. The third-order valence-electron chi connectivity index (χ3n) is 3.72. The Hall–Kier alpha value is -2.77. The number of benzene rings is 1. The molecule has 1 saturated heterocycles. The maximum absolute atomic E-state index is 13.8. The van der Waals surface area contributed by atoms with Crippen molar-refractivity contribution in [2.45, 2.75) is 25.4 Å². The number of para-hydroxylation sites is 1. The second-order valence-corrected chi connectivity index (χ2v) is 5.26. The van der Waals surface area contributed by atoms with Crippen molar-refractivity contribution in [3.63, 3.8) is 0 Å². The van der Waals surface area contributed by atoms with E-state index in [1.807, 2.05) is 0 Å². The van der Waals surface area contributed by atoms with Crippen molar-refractivity contribution in [1.29, 1.82) is 0 Å². The molecule has 1 aliphatic heterocycles. The molecule has 0 radical (unpaired) electrons. The maximum Gasteiger partial charge on any atom is 0.249 e. The maximum atomic E-state index is 13.8. The third kappa shape index (κ3) is 3.36. The fourth-order valence-corrected chi connectivity index (χ4v) is 2.55. The van der Waals surface area contributed by atoms with E-state index in [1.165, 1.54) is 23.6 Å². The molecule has 2 heterocycles. The number of rotatable bonds is 5. The average molecular weight is 317 g/mol. The van der Waals surface area contributed by atoms with Gasteiger partial charge in [-0.1, -0.05) is 12.1 Å². The Labute approximate surface area is 132 Å². The van der Waals surface area contributed by atoms with Gasteiger partial charge in [-0.25, -0.2) is 9.37 Å². The Balaban J connectivity index is 1.57. The van der Waals surface area contributed by atoms with Gasteiger partial charge in [-0.15, -0.1) is 0 Å². The number of anilines is 1. The highest BCUT2D eigenvalue weighted by Gasteiger charge is 2.34. The molecule has 7 nitrogen and oxygen atoms in total. The molecule has 23 heavy (non-hydrogen) atoms. The minimum absolute atomic E-state index is 0.201. The van der Waals surface area contributed by atoms with E-state index >= 15 is 0 Å². The van der Waals surface area contributed by atoms with Crippen molar-refractivity contribution in [2.75, 3.05) is 11.4 Å². The van der Waals surface area contributed by atoms with Gasteiger partial charge in [-0.3, -0.25) is 14.3 Å². The molecule has 1 aromatic heterocycles. The molecule has 0 aliphatic carbocycles. The standard InChI is InChI=1S/C15H16FN5O2/c16-11-3-1-2-4-13(11)21-8-5-12(15(21)23)19-14(22)6-7-20-10-17-9-18-20/h1-4,9-10,12H,5-8H2,(H,19,22)/t12-/m0/s1. The molecule has 1 atom stereocenters. The first-order valence-corrected chi connectivity index (χ1v) is 7.33. The van der Waals surface area contributed by atoms with Gasteiger partial charge in [0.1, 0.15) is 24.5 Å². The molecule has 3 rings (SSSR count). The fourth-order valence-electron chi connectivity index (χ4n) is 2.55. The predicted octanol–water partition coefficient (Wildman–Crippen LogP) is 0.729. The van der Waals surface area contributed by atoms with Crippen LogP contribution in [0.3, 0.4) is 0 Å². The van der Waals surface area contributed by atoms with Gasteiger partial charge in [0, 0.05) is 13.0 Å². The molecule has 1 N–H and O–H groups in total. The zero-order valence-electron chi connectivity index (χ0n) is 12.4. The number of aryl methyl sites for hydroxylation is 1. The normalized spacial score (nSPS) is 17.5. The second-order valence-electron chi connectivity index (χ2n) is 5.26. The highest BCUT2D eigenvalue weighted by molar-refractivity contribution is 6.01. The Morgan fingerprint density at radius 2 is 2.22 bits per heavy atom. The SMILES string of the molecule is O=C(CCn1cncn1)N[C@H]1CCN(c2ccccc2F)C1=O. The second kappa shape index (κ2) is 6.55. The first-order valence-electron chi connectivity index (χ1n) is 7.33. The number of carbonyl (C=O) groups is 2. The minimum Gasteiger partial charge on any atom is -0.344 e. The number of aromatic nitrogens is 3. The van der Waals surface area contributed by atoms with Gasteiger partial charge >= 0.3 is 0 Å². The van der Waals surface area contributed by atoms with Gasteiger partial charge in [0.05, 0.1) is 12.2 Å². The molecule has 8 heteroatoms. The molecule has 2 amide bonds. The topological polar surface area (TPSA) is 80.1 Å². The Morgan fingerprint density at radius 3 is 2.96 bits per heavy atom. The summed E-state index contributed by atoms with van der Waals surface area (Å²) in [6.45, 7) is 0.775. The van der Waals surface area contributed by atoms with Gasteiger partial charge in [0.25, 0.3) is 0 Å². The average Bonchev–Trinajstić information content (AvgIpc) is 3.17. The number of hydrogen-bond donors (Lipinski definition) is 1. The van der Waals surface area contributed by atoms with E-state index in [1.54, 1.807) is 22.9 Å². The van der Waals surface area contributed by atoms with Crippen molar-refractivity contribution in [1.82, 2.24) is 20.1 Å². The lowest BCUT2D eigenvalue weighted by Crippen LogP contribution is -2.42. The van der Waals surface area contributed by atoms with Crippen LogP contribution < -0.4 is 10.2 Å². The smallest absolute Gasteiger partial charge is 0.249 e. The third-order valence-corrected chi connectivity index (χ3v) is 3.72. The van der Waals surface area contributed by atoms with E-state index in [4.69, 9.17) is 0 Å². The van der Waals surface area contributed by atoms with Crippen LogP contribution in [0, 0.1) is 5.82 Å². The lowest BCUT2D eigenvalue weighted by atomic mass is 10.2. The zero-order valence-corrected chi connectivity index (χ0v) is 12.4. The molecule has 0 spiro atoms. The summed E-state index contributed by atoms with van der Waals surface area (Å²) in [5, 5.41) is 6.60. The lowest BCUT2D eigenvalue weighted by molar-refractivity contribution is -0.126. The zero-order chi connectivity index (χ0) is 16.2. The van der Waals surface area contributed by atoms with E-state index in [2.05, 4.69) is 15.4 Å². The van der Waals surface area contributed by atoms with Crippen LogP contribution in [0.2, 0.25) is 0 Å². The number of amides is 2. The minimum atomic E-state index is -0.613. The van der Waals surface area contributed by atoms with E-state index in [0.717, 1.165) is 0 Å². The number of nitrogens with zero attached hydrogens (tertiary/aromatic N) is 4. The molecule has 0 saturated carbocycles. The molecule has 0 bridgehead atoms. The van der Waals surface area contributed by atoms with Crippen molar-refractivity contribution in [2.24, 2.45) is 0 Å². The van der Waals surface area contributed by atoms with Crippen molar-refractivity contribution in [3.05, 3.63) is 42.7 Å². The summed E-state index contributed by atoms with van der Waals surface area (Å²) in [5.41, 5.74) is 0.247. The Bertz CT molecular complexity index is 704. The van der Waals surface area contributed by atoms with Crippen LogP contribution in [0.4, 0.5) is 10.1 Å². The summed E-state index contributed by atoms with van der Waals surface area (Å²) < 4.78 is 15.3. The van der Waals surface area contributed by atoms with Crippen LogP contribution in [0.15, 0.2) is 36.9 Å². The fraction of sp³-hybridized carbons (Fsp3) is 0.333. The summed E-state index contributed by atoms with van der Waals surface area (Å²) in [6, 6.07) is 5.51. The number of hydrogen-bond acceptors (Lipinski definition) is 4. The van der Waals surface area contributed by atoms with E-state index in [-0.39, 0.29) is 23.9 Å². The quantitative estimate of drug-likeness (QED) is 0.881. The van der Waals surface area contributed by atoms with Crippen LogP contribution in [0.5, 0.6) is 0 Å². The van der Waals surface area contributed by atoms with Gasteiger partial charge in [-0.05, 0) is 18.6 Å². The van der Waals surface area contributed by atoms with E-state index < -0.39 is 11.9 Å². The largest absolute Gasteiger partial charge is 0.344 e. The van der Waals surface area contributed by atoms with Crippen LogP contribution >= 0.6 is 0 Å². The summed E-state index contributed by atoms with van der Waals surface area (Å²) in [6.07, 6.45) is 3.58. The van der Waals surface area contributed by atoms with Crippen LogP contribution in [0.25, 0.3) is 0 Å². The molecule has 1 aromatic carbocycles. The molecular formula is C15H16FN5O2. The van der Waals surface area contributed by atoms with Crippen molar-refractivity contribution < 1.29 is 14.0 Å². The van der Waals surface area contributed by atoms with Crippen molar-refractivity contribution in [3.8, 4) is 0 Å². The van der Waals surface area contributed by atoms with Gasteiger partial charge in [0.2, 0.25) is 11.8 Å². The van der Waals surface area contributed by atoms with Crippen molar-refractivity contribution >= 4 is 17.5 Å². The monoisotopic (exact) mass is 317 g/mol.